The van der Waals surface area contributed by atoms with Crippen LogP contribution in [0.1, 0.15) is 39.0 Å². The highest BCUT2D eigenvalue weighted by Gasteiger charge is 2.18. The van der Waals surface area contributed by atoms with Gasteiger partial charge in [0.05, 0.1) is 5.75 Å². The van der Waals surface area contributed by atoms with E-state index in [0.717, 1.165) is 5.71 Å². The van der Waals surface area contributed by atoms with Gasteiger partial charge in [-0.05, 0) is 25.7 Å². The van der Waals surface area contributed by atoms with Crippen molar-refractivity contribution in [2.75, 3.05) is 5.75 Å². The van der Waals surface area contributed by atoms with E-state index in [0.29, 0.717) is 16.8 Å². The summed E-state index contributed by atoms with van der Waals surface area (Å²) in [5, 5.41) is 11.6. The molecule has 4 nitrogen and oxygen atoms in total. The van der Waals surface area contributed by atoms with Crippen molar-refractivity contribution in [2.24, 2.45) is 16.1 Å². The van der Waals surface area contributed by atoms with E-state index in [1.165, 1.54) is 43.9 Å². The smallest absolute Gasteiger partial charge is 0.236 e. The molecule has 2 fully saturated rings. The van der Waals surface area contributed by atoms with Crippen LogP contribution in [0.3, 0.4) is 0 Å². The van der Waals surface area contributed by atoms with E-state index in [2.05, 4.69) is 15.5 Å². The summed E-state index contributed by atoms with van der Waals surface area (Å²) in [6.07, 6.45) is 6.43. The summed E-state index contributed by atoms with van der Waals surface area (Å²) in [5.41, 5.74) is 1.11. The van der Waals surface area contributed by atoms with Gasteiger partial charge in [0.15, 0.2) is 5.17 Å². The van der Waals surface area contributed by atoms with Gasteiger partial charge >= 0.3 is 0 Å². The first-order valence-electron chi connectivity index (χ1n) is 5.80. The van der Waals surface area contributed by atoms with Crippen LogP contribution in [0.5, 0.6) is 0 Å². The first-order chi connectivity index (χ1) is 7.75. The molecule has 1 aliphatic carbocycles. The maximum atomic E-state index is 10.9. The number of hydrogen-bond donors (Lipinski definition) is 1. The van der Waals surface area contributed by atoms with Gasteiger partial charge in [-0.15, -0.1) is 5.10 Å². The minimum absolute atomic E-state index is 0.0225. The van der Waals surface area contributed by atoms with Gasteiger partial charge in [-0.25, -0.2) is 0 Å². The lowest BCUT2D eigenvalue weighted by atomic mass is 9.86. The zero-order valence-corrected chi connectivity index (χ0v) is 10.3. The molecule has 1 aliphatic heterocycles. The second-order valence-corrected chi connectivity index (χ2v) is 5.28. The van der Waals surface area contributed by atoms with Crippen LogP contribution in [0, 0.1) is 5.92 Å². The van der Waals surface area contributed by atoms with Crippen LogP contribution in [0.4, 0.5) is 0 Å². The molecule has 0 aromatic rings. The highest BCUT2D eigenvalue weighted by atomic mass is 32.2. The van der Waals surface area contributed by atoms with Crippen LogP contribution in [0.15, 0.2) is 10.2 Å². The monoisotopic (exact) mass is 239 g/mol. The van der Waals surface area contributed by atoms with Gasteiger partial charge < -0.3 is 5.32 Å². The average molecular weight is 239 g/mol. The van der Waals surface area contributed by atoms with E-state index in [1.54, 1.807) is 0 Å². The Hall–Kier alpha value is -0.840. The Labute approximate surface area is 100.0 Å². The highest BCUT2D eigenvalue weighted by Crippen LogP contribution is 2.25. The Morgan fingerprint density at radius 1 is 1.38 bits per heavy atom. The SMILES string of the molecule is C/C(=N/N=C1\NC(=O)CS1)C1CCCCC1. The van der Waals surface area contributed by atoms with Crippen LogP contribution in [0.25, 0.3) is 0 Å². The fourth-order valence-electron chi connectivity index (χ4n) is 2.11. The Bertz CT molecular complexity index is 332. The molecule has 5 heteroatoms. The molecule has 0 atom stereocenters. The number of nitrogens with one attached hydrogen (secondary N) is 1. The van der Waals surface area contributed by atoms with Gasteiger partial charge in [0, 0.05) is 5.71 Å². The number of carbonyl (C=O) groups is 1. The lowest BCUT2D eigenvalue weighted by Crippen LogP contribution is -2.20. The number of nitrogens with zero attached hydrogens (tertiary/aromatic N) is 2. The molecule has 2 rings (SSSR count). The molecule has 1 heterocycles. The molecule has 0 aromatic heterocycles. The van der Waals surface area contributed by atoms with Crippen molar-refractivity contribution in [3.05, 3.63) is 0 Å². The molecule has 1 amide bonds. The topological polar surface area (TPSA) is 53.8 Å². The van der Waals surface area contributed by atoms with E-state index in [1.807, 2.05) is 6.92 Å². The summed E-state index contributed by atoms with van der Waals surface area (Å²) < 4.78 is 0. The van der Waals surface area contributed by atoms with Gasteiger partial charge in [0.2, 0.25) is 5.91 Å². The molecule has 16 heavy (non-hydrogen) atoms. The fourth-order valence-corrected chi connectivity index (χ4v) is 2.73. The third kappa shape index (κ3) is 3.07. The fraction of sp³-hybridized carbons (Fsp3) is 0.727. The van der Waals surface area contributed by atoms with E-state index >= 15 is 0 Å². The number of amides is 1. The Balaban J connectivity index is 1.92. The zero-order chi connectivity index (χ0) is 11.4. The molecule has 0 bridgehead atoms. The maximum Gasteiger partial charge on any atom is 0.236 e. The zero-order valence-electron chi connectivity index (χ0n) is 9.53. The van der Waals surface area contributed by atoms with Crippen molar-refractivity contribution in [2.45, 2.75) is 39.0 Å². The third-order valence-electron chi connectivity index (χ3n) is 3.08. The summed E-state index contributed by atoms with van der Waals surface area (Å²) in [5.74, 6) is 1.09. The van der Waals surface area contributed by atoms with Crippen LogP contribution >= 0.6 is 11.8 Å². The van der Waals surface area contributed by atoms with Gasteiger partial charge in [-0.2, -0.15) is 5.10 Å². The molecular weight excluding hydrogens is 222 g/mol. The lowest BCUT2D eigenvalue weighted by Gasteiger charge is -2.20. The van der Waals surface area contributed by atoms with Gasteiger partial charge in [-0.1, -0.05) is 31.0 Å². The van der Waals surface area contributed by atoms with Crippen LogP contribution in [0.2, 0.25) is 0 Å². The molecule has 1 N–H and O–H groups in total. The van der Waals surface area contributed by atoms with Gasteiger partial charge in [0.25, 0.3) is 0 Å². The first kappa shape index (κ1) is 11.6. The van der Waals surface area contributed by atoms with E-state index in [-0.39, 0.29) is 5.91 Å². The Morgan fingerprint density at radius 3 is 2.75 bits per heavy atom. The maximum absolute atomic E-state index is 10.9. The largest absolute Gasteiger partial charge is 0.303 e. The van der Waals surface area contributed by atoms with Crippen molar-refractivity contribution in [1.29, 1.82) is 0 Å². The van der Waals surface area contributed by atoms with Crippen molar-refractivity contribution in [3.8, 4) is 0 Å². The summed E-state index contributed by atoms with van der Waals surface area (Å²) in [6, 6.07) is 0. The van der Waals surface area contributed by atoms with Crippen molar-refractivity contribution in [1.82, 2.24) is 5.32 Å². The summed E-state index contributed by atoms with van der Waals surface area (Å²) in [7, 11) is 0. The highest BCUT2D eigenvalue weighted by molar-refractivity contribution is 8.15. The predicted octanol–water partition coefficient (Wildman–Crippen LogP) is 2.16. The molecule has 2 aliphatic rings. The van der Waals surface area contributed by atoms with E-state index in [4.69, 9.17) is 0 Å². The molecule has 88 valence electrons. The Kier molecular flexibility index (Phi) is 3.98. The van der Waals surface area contributed by atoms with Crippen molar-refractivity contribution in [3.63, 3.8) is 0 Å². The second kappa shape index (κ2) is 5.48. The van der Waals surface area contributed by atoms with Crippen molar-refractivity contribution >= 4 is 28.5 Å². The first-order valence-corrected chi connectivity index (χ1v) is 6.79. The normalized spacial score (nSPS) is 26.2. The molecule has 0 unspecified atom stereocenters. The molecule has 1 saturated heterocycles. The summed E-state index contributed by atoms with van der Waals surface area (Å²) in [6.45, 7) is 2.04. The number of amidine groups is 1. The quantitative estimate of drug-likeness (QED) is 0.593. The molecule has 0 radical (unpaired) electrons. The summed E-state index contributed by atoms with van der Waals surface area (Å²) in [4.78, 5) is 10.9. The predicted molar refractivity (Wildman–Crippen MR) is 67.7 cm³/mol. The van der Waals surface area contributed by atoms with Crippen LogP contribution < -0.4 is 5.32 Å². The average Bonchev–Trinajstić information content (AvgIpc) is 2.73. The molecule has 0 spiro atoms. The van der Waals surface area contributed by atoms with Crippen LogP contribution in [-0.2, 0) is 4.79 Å². The minimum Gasteiger partial charge on any atom is -0.303 e. The molecule has 1 saturated carbocycles. The number of carbonyl (C=O) groups excluding carboxylic acids is 1. The summed E-state index contributed by atoms with van der Waals surface area (Å²) >= 11 is 1.42. The van der Waals surface area contributed by atoms with Crippen molar-refractivity contribution < 1.29 is 4.79 Å². The second-order valence-electron chi connectivity index (χ2n) is 4.32. The lowest BCUT2D eigenvalue weighted by molar-refractivity contribution is -0.116. The van der Waals surface area contributed by atoms with Crippen LogP contribution in [-0.4, -0.2) is 22.5 Å². The minimum atomic E-state index is 0.0225. The number of hydrogen-bond acceptors (Lipinski definition) is 4. The third-order valence-corrected chi connectivity index (χ3v) is 3.94. The van der Waals surface area contributed by atoms with E-state index in [9.17, 15) is 4.79 Å². The number of rotatable bonds is 2. The molecular formula is C11H17N3OS. The number of thioether (sulfide) groups is 1. The van der Waals surface area contributed by atoms with E-state index < -0.39 is 0 Å². The van der Waals surface area contributed by atoms with Gasteiger partial charge in [-0.3, -0.25) is 4.79 Å². The van der Waals surface area contributed by atoms with Gasteiger partial charge in [0.1, 0.15) is 0 Å². The standard InChI is InChI=1S/C11H17N3OS/c1-8(9-5-3-2-4-6-9)13-14-11-12-10(15)7-16-11/h9H,2-7H2,1H3,(H,12,14,15)/b13-8-. The molecule has 0 aromatic carbocycles. The Morgan fingerprint density at radius 2 is 2.12 bits per heavy atom.